The van der Waals surface area contributed by atoms with Gasteiger partial charge in [-0.25, -0.2) is 9.59 Å². The first-order valence-electron chi connectivity index (χ1n) is 10.4. The molecule has 15 heteroatoms. The zero-order chi connectivity index (χ0) is 27.3. The van der Waals surface area contributed by atoms with Crippen LogP contribution in [-0.4, -0.2) is 52.6 Å². The van der Waals surface area contributed by atoms with E-state index in [9.17, 15) is 27.6 Å². The van der Waals surface area contributed by atoms with E-state index >= 15 is 0 Å². The average molecular weight is 559 g/mol. The minimum absolute atomic E-state index is 0.0189. The van der Waals surface area contributed by atoms with Gasteiger partial charge in [-0.1, -0.05) is 17.8 Å². The van der Waals surface area contributed by atoms with Crippen LogP contribution in [0.2, 0.25) is 0 Å². The van der Waals surface area contributed by atoms with Crippen molar-refractivity contribution in [3.8, 4) is 5.75 Å². The van der Waals surface area contributed by atoms with Crippen molar-refractivity contribution in [2.45, 2.75) is 24.9 Å². The lowest BCUT2D eigenvalue weighted by atomic mass is 10.1. The van der Waals surface area contributed by atoms with Crippen LogP contribution in [0.15, 0.2) is 29.4 Å². The third-order valence-corrected chi connectivity index (χ3v) is 7.15. The number of hydrogen-bond donors (Lipinski definition) is 1. The van der Waals surface area contributed by atoms with Crippen molar-refractivity contribution < 1.29 is 41.8 Å². The molecule has 0 saturated heterocycles. The van der Waals surface area contributed by atoms with Crippen LogP contribution in [-0.2, 0) is 34.1 Å². The van der Waals surface area contributed by atoms with Gasteiger partial charge in [-0.15, -0.1) is 21.5 Å². The molecule has 0 atom stereocenters. The number of thiophene rings is 1. The molecule has 0 radical (unpaired) electrons. The number of methoxy groups -OCH3 is 2. The topological polar surface area (TPSA) is 122 Å². The second-order valence-corrected chi connectivity index (χ2v) is 9.32. The van der Waals surface area contributed by atoms with Crippen LogP contribution in [0, 0.1) is 6.92 Å². The highest BCUT2D eigenvalue weighted by Crippen LogP contribution is 2.34. The van der Waals surface area contributed by atoms with E-state index in [0.717, 1.165) is 35.2 Å². The molecule has 0 bridgehead atoms. The van der Waals surface area contributed by atoms with Gasteiger partial charge in [0.25, 0.3) is 0 Å². The van der Waals surface area contributed by atoms with Crippen molar-refractivity contribution in [1.29, 1.82) is 0 Å². The maximum atomic E-state index is 12.9. The summed E-state index contributed by atoms with van der Waals surface area (Å²) in [5.41, 5.74) is -0.454. The van der Waals surface area contributed by atoms with Crippen molar-refractivity contribution in [3.63, 3.8) is 0 Å². The Bertz CT molecular complexity index is 1320. The minimum Gasteiger partial charge on any atom is -0.486 e. The predicted molar refractivity (Wildman–Crippen MR) is 128 cm³/mol. The monoisotopic (exact) mass is 558 g/mol. The van der Waals surface area contributed by atoms with Crippen molar-refractivity contribution in [2.75, 3.05) is 25.3 Å². The lowest BCUT2D eigenvalue weighted by molar-refractivity contribution is -0.137. The van der Waals surface area contributed by atoms with Crippen molar-refractivity contribution >= 4 is 45.9 Å². The molecular weight excluding hydrogens is 537 g/mol. The van der Waals surface area contributed by atoms with Gasteiger partial charge >= 0.3 is 18.1 Å². The summed E-state index contributed by atoms with van der Waals surface area (Å²) in [7, 11) is 4.00. The Morgan fingerprint density at radius 3 is 2.49 bits per heavy atom. The molecule has 3 rings (SSSR count). The van der Waals surface area contributed by atoms with Gasteiger partial charge in [0.1, 0.15) is 22.2 Å². The molecule has 1 aromatic carbocycles. The highest BCUT2D eigenvalue weighted by molar-refractivity contribution is 7.99. The third kappa shape index (κ3) is 6.60. The summed E-state index contributed by atoms with van der Waals surface area (Å²) in [5.74, 6) is -1.63. The van der Waals surface area contributed by atoms with E-state index < -0.39 is 29.6 Å². The Morgan fingerprint density at radius 1 is 1.14 bits per heavy atom. The summed E-state index contributed by atoms with van der Waals surface area (Å²) in [6.07, 6.45) is -4.49. The maximum Gasteiger partial charge on any atom is 0.416 e. The minimum atomic E-state index is -4.49. The standard InChI is InChI=1S/C22H21F3N4O6S2/c1-11-16(19(31)33-3)18(37-17(11)20(32)34-4)26-15(30)10-36-21-28-27-14(29(21)2)9-35-13-7-5-6-12(8-13)22(23,24)25/h5-8H,9-10H2,1-4H3,(H,26,30). The van der Waals surface area contributed by atoms with E-state index in [1.54, 1.807) is 14.0 Å². The number of amides is 1. The van der Waals surface area contributed by atoms with E-state index in [2.05, 4.69) is 15.5 Å². The van der Waals surface area contributed by atoms with E-state index in [0.29, 0.717) is 16.5 Å². The van der Waals surface area contributed by atoms with E-state index in [1.165, 1.54) is 30.9 Å². The van der Waals surface area contributed by atoms with Gasteiger partial charge in [0.05, 0.1) is 31.1 Å². The zero-order valence-corrected chi connectivity index (χ0v) is 21.6. The summed E-state index contributed by atoms with van der Waals surface area (Å²) in [4.78, 5) is 36.9. The second-order valence-electron chi connectivity index (χ2n) is 7.35. The second kappa shape index (κ2) is 11.6. The number of rotatable bonds is 9. The molecule has 3 aromatic rings. The number of alkyl halides is 3. The van der Waals surface area contributed by atoms with Crippen LogP contribution in [0.25, 0.3) is 0 Å². The number of carbonyl (C=O) groups is 3. The van der Waals surface area contributed by atoms with Gasteiger partial charge in [-0.05, 0) is 30.7 Å². The molecule has 198 valence electrons. The number of carbonyl (C=O) groups excluding carboxylic acids is 3. The van der Waals surface area contributed by atoms with Crippen LogP contribution in [0.1, 0.15) is 37.0 Å². The summed E-state index contributed by atoms with van der Waals surface area (Å²) in [5, 5.41) is 11.0. The molecular formula is C22H21F3N4O6S2. The van der Waals surface area contributed by atoms with Crippen LogP contribution in [0.4, 0.5) is 18.2 Å². The Morgan fingerprint density at radius 2 is 1.84 bits per heavy atom. The number of ether oxygens (including phenoxy) is 3. The van der Waals surface area contributed by atoms with Crippen LogP contribution in [0.3, 0.4) is 0 Å². The molecule has 0 unspecified atom stereocenters. The lowest BCUT2D eigenvalue weighted by Gasteiger charge is -2.10. The fraction of sp³-hybridized carbons (Fsp3) is 0.318. The fourth-order valence-electron chi connectivity index (χ4n) is 3.04. The fourth-order valence-corrected chi connectivity index (χ4v) is 4.90. The van der Waals surface area contributed by atoms with Gasteiger partial charge in [0.15, 0.2) is 11.0 Å². The van der Waals surface area contributed by atoms with E-state index in [-0.39, 0.29) is 33.6 Å². The highest BCUT2D eigenvalue weighted by Gasteiger charge is 2.31. The molecule has 10 nitrogen and oxygen atoms in total. The third-order valence-electron chi connectivity index (χ3n) is 4.95. The summed E-state index contributed by atoms with van der Waals surface area (Å²) >= 11 is 1.92. The molecule has 0 aliphatic carbocycles. The molecule has 0 spiro atoms. The normalized spacial score (nSPS) is 11.2. The Balaban J connectivity index is 1.64. The van der Waals surface area contributed by atoms with Crippen LogP contribution in [0.5, 0.6) is 5.75 Å². The van der Waals surface area contributed by atoms with Gasteiger partial charge in [-0.3, -0.25) is 4.79 Å². The predicted octanol–water partition coefficient (Wildman–Crippen LogP) is 4.09. The Kier molecular flexibility index (Phi) is 8.81. The van der Waals surface area contributed by atoms with Crippen molar-refractivity contribution in [2.24, 2.45) is 7.05 Å². The highest BCUT2D eigenvalue weighted by atomic mass is 32.2. The van der Waals surface area contributed by atoms with Gasteiger partial charge < -0.3 is 24.1 Å². The summed E-state index contributed by atoms with van der Waals surface area (Å²) < 4.78 is 55.1. The Labute approximate surface area is 217 Å². The van der Waals surface area contributed by atoms with Gasteiger partial charge in [0, 0.05) is 7.05 Å². The molecule has 2 aromatic heterocycles. The van der Waals surface area contributed by atoms with Crippen LogP contribution < -0.4 is 10.1 Å². The van der Waals surface area contributed by atoms with Gasteiger partial charge in [-0.2, -0.15) is 13.2 Å². The largest absolute Gasteiger partial charge is 0.486 e. The number of esters is 2. The first-order valence-corrected chi connectivity index (χ1v) is 12.2. The van der Waals surface area contributed by atoms with Crippen LogP contribution >= 0.6 is 23.1 Å². The number of aromatic nitrogens is 3. The molecule has 0 saturated carbocycles. The number of nitrogens with zero attached hydrogens (tertiary/aromatic N) is 3. The first-order chi connectivity index (χ1) is 17.5. The van der Waals surface area contributed by atoms with Gasteiger partial charge in [0.2, 0.25) is 5.91 Å². The molecule has 0 aliphatic rings. The van der Waals surface area contributed by atoms with Crippen molar-refractivity contribution in [3.05, 3.63) is 51.7 Å². The molecule has 2 heterocycles. The molecule has 1 N–H and O–H groups in total. The Hall–Kier alpha value is -3.59. The molecule has 0 aliphatic heterocycles. The number of hydrogen-bond acceptors (Lipinski definition) is 10. The average Bonchev–Trinajstić information content (AvgIpc) is 3.38. The molecule has 37 heavy (non-hydrogen) atoms. The summed E-state index contributed by atoms with van der Waals surface area (Å²) in [6, 6.07) is 4.46. The molecule has 0 fully saturated rings. The number of thioether (sulfide) groups is 1. The quantitative estimate of drug-likeness (QED) is 0.306. The molecule has 1 amide bonds. The number of benzene rings is 1. The summed E-state index contributed by atoms with van der Waals surface area (Å²) in [6.45, 7) is 1.40. The zero-order valence-electron chi connectivity index (χ0n) is 20.0. The van der Waals surface area contributed by atoms with E-state index in [1.807, 2.05) is 0 Å². The number of anilines is 1. The smallest absolute Gasteiger partial charge is 0.416 e. The van der Waals surface area contributed by atoms with E-state index in [4.69, 9.17) is 14.2 Å². The SMILES string of the molecule is COC(=O)c1sc(NC(=O)CSc2nnc(COc3cccc(C(F)(F)F)c3)n2C)c(C(=O)OC)c1C. The number of halogens is 3. The first kappa shape index (κ1) is 28.0. The maximum absolute atomic E-state index is 12.9. The lowest BCUT2D eigenvalue weighted by Crippen LogP contribution is -2.16. The number of nitrogens with one attached hydrogen (secondary N) is 1. The van der Waals surface area contributed by atoms with Crippen molar-refractivity contribution in [1.82, 2.24) is 14.8 Å².